The molecule has 1 aromatic carbocycles. The molecule has 0 saturated carbocycles. The lowest BCUT2D eigenvalue weighted by atomic mass is 9.96. The molecule has 0 bridgehead atoms. The van der Waals surface area contributed by atoms with Gasteiger partial charge in [-0.05, 0) is 46.7 Å². The number of carbonyl (C=O) groups excluding carboxylic acids is 1. The molecule has 3 nitrogen and oxygen atoms in total. The number of hydrogen-bond donors (Lipinski definition) is 1. The molecule has 1 amide bonds. The van der Waals surface area contributed by atoms with Crippen molar-refractivity contribution in [3.8, 4) is 6.07 Å². The second kappa shape index (κ2) is 6.22. The summed E-state index contributed by atoms with van der Waals surface area (Å²) in [6, 6.07) is 7.34. The zero-order valence-electron chi connectivity index (χ0n) is 9.50. The first-order valence-corrected chi connectivity index (χ1v) is 6.57. The van der Waals surface area contributed by atoms with Crippen LogP contribution in [0.4, 0.5) is 5.69 Å². The average molecular weight is 363 g/mol. The molecular weight excluding hydrogens is 351 g/mol. The summed E-state index contributed by atoms with van der Waals surface area (Å²) in [5, 5.41) is 12.1. The van der Waals surface area contributed by atoms with E-state index in [4.69, 9.17) is 16.9 Å². The molecule has 1 aromatic rings. The quantitative estimate of drug-likeness (QED) is 0.834. The minimum absolute atomic E-state index is 0.0263. The molecule has 0 fully saturated rings. The van der Waals surface area contributed by atoms with Gasteiger partial charge in [0.1, 0.15) is 5.92 Å². The number of amides is 1. The zero-order chi connectivity index (χ0) is 13.0. The van der Waals surface area contributed by atoms with Gasteiger partial charge in [-0.15, -0.1) is 0 Å². The SMILES string of the molecule is CC(C)C(C#N)C(=O)Nc1cc(I)ccc1Cl. The number of hydrogen-bond acceptors (Lipinski definition) is 2. The topological polar surface area (TPSA) is 52.9 Å². The largest absolute Gasteiger partial charge is 0.324 e. The van der Waals surface area contributed by atoms with Gasteiger partial charge in [0, 0.05) is 3.57 Å². The lowest BCUT2D eigenvalue weighted by Gasteiger charge is -2.14. The van der Waals surface area contributed by atoms with Gasteiger partial charge in [0.15, 0.2) is 0 Å². The number of benzene rings is 1. The fraction of sp³-hybridized carbons (Fsp3) is 0.333. The third-order valence-electron chi connectivity index (χ3n) is 2.27. The van der Waals surface area contributed by atoms with Gasteiger partial charge in [-0.25, -0.2) is 0 Å². The first kappa shape index (κ1) is 14.3. The summed E-state index contributed by atoms with van der Waals surface area (Å²) < 4.78 is 0.973. The van der Waals surface area contributed by atoms with Crippen LogP contribution in [0.3, 0.4) is 0 Å². The van der Waals surface area contributed by atoms with Crippen molar-refractivity contribution in [2.75, 3.05) is 5.32 Å². The van der Waals surface area contributed by atoms with E-state index in [9.17, 15) is 4.79 Å². The van der Waals surface area contributed by atoms with Crippen molar-refractivity contribution >= 4 is 45.8 Å². The van der Waals surface area contributed by atoms with Crippen LogP contribution in [0, 0.1) is 26.7 Å². The first-order valence-electron chi connectivity index (χ1n) is 5.11. The van der Waals surface area contributed by atoms with Crippen molar-refractivity contribution < 1.29 is 4.79 Å². The van der Waals surface area contributed by atoms with Crippen LogP contribution in [0.25, 0.3) is 0 Å². The Labute approximate surface area is 119 Å². The summed E-state index contributed by atoms with van der Waals surface area (Å²) in [4.78, 5) is 11.9. The normalized spacial score (nSPS) is 12.0. The molecule has 1 rings (SSSR count). The maximum absolute atomic E-state index is 11.9. The summed E-state index contributed by atoms with van der Waals surface area (Å²) in [6.07, 6.45) is 0. The standard InChI is InChI=1S/C12H12ClIN2O/c1-7(2)9(6-15)12(17)16-11-5-8(14)3-4-10(11)13/h3-5,7,9H,1-2H3,(H,16,17). The van der Waals surface area contributed by atoms with E-state index in [0.29, 0.717) is 10.7 Å². The third kappa shape index (κ3) is 3.86. The smallest absolute Gasteiger partial charge is 0.242 e. The highest BCUT2D eigenvalue weighted by Crippen LogP contribution is 2.25. The minimum atomic E-state index is -0.663. The fourth-order valence-corrected chi connectivity index (χ4v) is 1.97. The number of halogens is 2. The van der Waals surface area contributed by atoms with Crippen LogP contribution >= 0.6 is 34.2 Å². The van der Waals surface area contributed by atoms with Crippen LogP contribution in [-0.2, 0) is 4.79 Å². The van der Waals surface area contributed by atoms with Gasteiger partial charge in [-0.1, -0.05) is 25.4 Å². The minimum Gasteiger partial charge on any atom is -0.324 e. The summed E-state index contributed by atoms with van der Waals surface area (Å²) in [5.74, 6) is -1.00. The molecule has 0 radical (unpaired) electrons. The van der Waals surface area contributed by atoms with Crippen LogP contribution in [0.15, 0.2) is 18.2 Å². The predicted molar refractivity (Wildman–Crippen MR) is 76.7 cm³/mol. The van der Waals surface area contributed by atoms with Crippen LogP contribution in [0.5, 0.6) is 0 Å². The Bertz CT molecular complexity index is 468. The number of rotatable bonds is 3. The number of anilines is 1. The van der Waals surface area contributed by atoms with Crippen LogP contribution in [-0.4, -0.2) is 5.91 Å². The van der Waals surface area contributed by atoms with E-state index in [1.807, 2.05) is 26.0 Å². The highest BCUT2D eigenvalue weighted by atomic mass is 127. The molecule has 0 aliphatic carbocycles. The van der Waals surface area contributed by atoms with Gasteiger partial charge < -0.3 is 5.32 Å². The molecule has 0 saturated heterocycles. The van der Waals surface area contributed by atoms with E-state index in [1.165, 1.54) is 0 Å². The molecule has 5 heteroatoms. The highest BCUT2D eigenvalue weighted by Gasteiger charge is 2.22. The van der Waals surface area contributed by atoms with Crippen LogP contribution in [0.1, 0.15) is 13.8 Å². The van der Waals surface area contributed by atoms with Crippen molar-refractivity contribution in [1.29, 1.82) is 5.26 Å². The molecule has 0 aromatic heterocycles. The number of nitrogens with one attached hydrogen (secondary N) is 1. The monoisotopic (exact) mass is 362 g/mol. The second-order valence-corrected chi connectivity index (χ2v) is 5.62. The Morgan fingerprint density at radius 2 is 2.18 bits per heavy atom. The summed E-state index contributed by atoms with van der Waals surface area (Å²) in [6.45, 7) is 3.67. The molecule has 0 heterocycles. The Morgan fingerprint density at radius 3 is 2.71 bits per heavy atom. The Morgan fingerprint density at radius 1 is 1.53 bits per heavy atom. The van der Waals surface area contributed by atoms with Crippen molar-refractivity contribution in [1.82, 2.24) is 0 Å². The van der Waals surface area contributed by atoms with Crippen molar-refractivity contribution in [3.05, 3.63) is 26.8 Å². The van der Waals surface area contributed by atoms with E-state index < -0.39 is 5.92 Å². The lowest BCUT2D eigenvalue weighted by molar-refractivity contribution is -0.119. The number of carbonyl (C=O) groups is 1. The molecule has 17 heavy (non-hydrogen) atoms. The van der Waals surface area contributed by atoms with Gasteiger partial charge in [0.25, 0.3) is 0 Å². The van der Waals surface area contributed by atoms with Crippen molar-refractivity contribution in [2.45, 2.75) is 13.8 Å². The van der Waals surface area contributed by atoms with Gasteiger partial charge in [-0.3, -0.25) is 4.79 Å². The predicted octanol–water partition coefficient (Wildman–Crippen LogP) is 3.68. The van der Waals surface area contributed by atoms with E-state index in [2.05, 4.69) is 27.9 Å². The molecule has 0 aliphatic rings. The maximum atomic E-state index is 11.9. The van der Waals surface area contributed by atoms with Crippen LogP contribution in [0.2, 0.25) is 5.02 Å². The third-order valence-corrected chi connectivity index (χ3v) is 3.28. The van der Waals surface area contributed by atoms with Gasteiger partial charge >= 0.3 is 0 Å². The van der Waals surface area contributed by atoms with E-state index >= 15 is 0 Å². The second-order valence-electron chi connectivity index (χ2n) is 3.96. The summed E-state index contributed by atoms with van der Waals surface area (Å²) in [7, 11) is 0. The highest BCUT2D eigenvalue weighted by molar-refractivity contribution is 14.1. The molecule has 90 valence electrons. The lowest BCUT2D eigenvalue weighted by Crippen LogP contribution is -2.25. The van der Waals surface area contributed by atoms with Gasteiger partial charge in [-0.2, -0.15) is 5.26 Å². The zero-order valence-corrected chi connectivity index (χ0v) is 12.4. The van der Waals surface area contributed by atoms with Gasteiger partial charge in [0.05, 0.1) is 16.8 Å². The maximum Gasteiger partial charge on any atom is 0.242 e. The molecule has 1 atom stereocenters. The van der Waals surface area contributed by atoms with E-state index in [0.717, 1.165) is 3.57 Å². The van der Waals surface area contributed by atoms with E-state index in [-0.39, 0.29) is 11.8 Å². The first-order chi connectivity index (χ1) is 7.95. The van der Waals surface area contributed by atoms with Crippen molar-refractivity contribution in [2.24, 2.45) is 11.8 Å². The fourth-order valence-electron chi connectivity index (χ4n) is 1.31. The molecular formula is C12H12ClIN2O. The number of nitrogens with zero attached hydrogens (tertiary/aromatic N) is 1. The molecule has 1 unspecified atom stereocenters. The van der Waals surface area contributed by atoms with Crippen molar-refractivity contribution in [3.63, 3.8) is 0 Å². The van der Waals surface area contributed by atoms with E-state index in [1.54, 1.807) is 12.1 Å². The average Bonchev–Trinajstić information content (AvgIpc) is 2.24. The molecule has 0 aliphatic heterocycles. The molecule has 1 N–H and O–H groups in total. The summed E-state index contributed by atoms with van der Waals surface area (Å²) >= 11 is 8.10. The summed E-state index contributed by atoms with van der Waals surface area (Å²) in [5.41, 5.74) is 0.546. The Balaban J connectivity index is 2.88. The Hall–Kier alpha value is -0.800. The van der Waals surface area contributed by atoms with Crippen LogP contribution < -0.4 is 5.32 Å². The Kier molecular flexibility index (Phi) is 5.22. The van der Waals surface area contributed by atoms with Gasteiger partial charge in [0.2, 0.25) is 5.91 Å². The molecule has 0 spiro atoms. The number of nitriles is 1.